The van der Waals surface area contributed by atoms with Crippen LogP contribution in [0.5, 0.6) is 0 Å². The number of rotatable bonds is 2. The molecule has 1 N–H and O–H groups in total. The second kappa shape index (κ2) is 2.66. The Morgan fingerprint density at radius 1 is 1.80 bits per heavy atom. The molecule has 1 aromatic rings. The van der Waals surface area contributed by atoms with Crippen LogP contribution >= 0.6 is 0 Å². The number of aliphatic hydroxyl groups excluding tert-OH is 1. The first-order valence-electron chi connectivity index (χ1n) is 3.07. The summed E-state index contributed by atoms with van der Waals surface area (Å²) in [5.41, 5.74) is 0.637. The third-order valence-corrected chi connectivity index (χ3v) is 1.32. The van der Waals surface area contributed by atoms with Gasteiger partial charge in [0, 0.05) is 18.1 Å². The standard InChI is InChI=1S/C7H10N2O/c1-6(7(2)10)9-4-3-8-5-9/h3-5,7,10H,1H2,2H3. The van der Waals surface area contributed by atoms with Gasteiger partial charge in [-0.15, -0.1) is 0 Å². The van der Waals surface area contributed by atoms with E-state index < -0.39 is 6.10 Å². The molecule has 0 radical (unpaired) electrons. The van der Waals surface area contributed by atoms with Gasteiger partial charge in [0.2, 0.25) is 0 Å². The molecule has 1 heterocycles. The maximum absolute atomic E-state index is 9.04. The Hall–Kier alpha value is -1.09. The van der Waals surface area contributed by atoms with Gasteiger partial charge in [0.1, 0.15) is 0 Å². The average Bonchev–Trinajstić information content (AvgIpc) is 2.36. The Kier molecular flexibility index (Phi) is 1.87. The van der Waals surface area contributed by atoms with Crippen LogP contribution in [0.25, 0.3) is 5.70 Å². The monoisotopic (exact) mass is 138 g/mol. The van der Waals surface area contributed by atoms with Crippen molar-refractivity contribution in [3.8, 4) is 0 Å². The fraction of sp³-hybridized carbons (Fsp3) is 0.286. The van der Waals surface area contributed by atoms with Gasteiger partial charge in [-0.1, -0.05) is 6.58 Å². The van der Waals surface area contributed by atoms with Crippen molar-refractivity contribution in [2.45, 2.75) is 13.0 Å². The normalized spacial score (nSPS) is 13.0. The van der Waals surface area contributed by atoms with Crippen LogP contribution in [0.1, 0.15) is 6.92 Å². The van der Waals surface area contributed by atoms with Gasteiger partial charge in [0.25, 0.3) is 0 Å². The van der Waals surface area contributed by atoms with Crippen LogP contribution in [-0.2, 0) is 0 Å². The maximum atomic E-state index is 9.04. The molecular weight excluding hydrogens is 128 g/mol. The molecule has 0 aromatic carbocycles. The Bertz CT molecular complexity index is 214. The smallest absolute Gasteiger partial charge is 0.0989 e. The molecule has 0 fully saturated rings. The molecule has 3 nitrogen and oxygen atoms in total. The molecule has 0 spiro atoms. The van der Waals surface area contributed by atoms with Crippen LogP contribution in [0.3, 0.4) is 0 Å². The first kappa shape index (κ1) is 7.02. The van der Waals surface area contributed by atoms with Gasteiger partial charge in [-0.25, -0.2) is 4.98 Å². The molecule has 0 saturated carbocycles. The molecule has 0 aliphatic heterocycles. The lowest BCUT2D eigenvalue weighted by Crippen LogP contribution is -2.07. The van der Waals surface area contributed by atoms with Crippen LogP contribution in [-0.4, -0.2) is 20.8 Å². The molecule has 1 atom stereocenters. The van der Waals surface area contributed by atoms with E-state index in [0.29, 0.717) is 5.70 Å². The Labute approximate surface area is 59.6 Å². The molecule has 10 heavy (non-hydrogen) atoms. The Balaban J connectivity index is 2.78. The predicted octanol–water partition coefficient (Wildman–Crippen LogP) is 0.735. The van der Waals surface area contributed by atoms with Crippen molar-refractivity contribution in [2.75, 3.05) is 0 Å². The SMILES string of the molecule is C=C(C(C)O)n1ccnc1. The quantitative estimate of drug-likeness (QED) is 0.654. The van der Waals surface area contributed by atoms with E-state index in [-0.39, 0.29) is 0 Å². The summed E-state index contributed by atoms with van der Waals surface area (Å²) >= 11 is 0. The molecule has 1 unspecified atom stereocenters. The number of hydrogen-bond donors (Lipinski definition) is 1. The minimum atomic E-state index is -0.519. The lowest BCUT2D eigenvalue weighted by Gasteiger charge is -2.07. The number of hydrogen-bond acceptors (Lipinski definition) is 2. The molecule has 0 aliphatic carbocycles. The number of aromatic nitrogens is 2. The minimum absolute atomic E-state index is 0.519. The molecule has 0 saturated heterocycles. The largest absolute Gasteiger partial charge is 0.387 e. The first-order valence-corrected chi connectivity index (χ1v) is 3.07. The summed E-state index contributed by atoms with van der Waals surface area (Å²) in [6, 6.07) is 0. The highest BCUT2D eigenvalue weighted by Gasteiger charge is 2.01. The minimum Gasteiger partial charge on any atom is -0.387 e. The zero-order valence-electron chi connectivity index (χ0n) is 5.86. The second-order valence-corrected chi connectivity index (χ2v) is 2.14. The van der Waals surface area contributed by atoms with E-state index in [1.807, 2.05) is 0 Å². The summed E-state index contributed by atoms with van der Waals surface area (Å²) < 4.78 is 1.69. The summed E-state index contributed by atoms with van der Waals surface area (Å²) in [6.45, 7) is 5.34. The van der Waals surface area contributed by atoms with Crippen molar-refractivity contribution in [1.29, 1.82) is 0 Å². The van der Waals surface area contributed by atoms with E-state index in [4.69, 9.17) is 5.11 Å². The molecular formula is C7H10N2O. The zero-order valence-corrected chi connectivity index (χ0v) is 5.86. The van der Waals surface area contributed by atoms with Gasteiger partial charge in [0.05, 0.1) is 12.4 Å². The van der Waals surface area contributed by atoms with Crippen molar-refractivity contribution >= 4 is 5.70 Å². The predicted molar refractivity (Wildman–Crippen MR) is 39.2 cm³/mol. The molecule has 0 amide bonds. The fourth-order valence-corrected chi connectivity index (χ4v) is 0.645. The zero-order chi connectivity index (χ0) is 7.56. The van der Waals surface area contributed by atoms with Crippen LogP contribution in [0, 0.1) is 0 Å². The Morgan fingerprint density at radius 3 is 2.90 bits per heavy atom. The van der Waals surface area contributed by atoms with E-state index in [2.05, 4.69) is 11.6 Å². The van der Waals surface area contributed by atoms with Crippen LogP contribution < -0.4 is 0 Å². The maximum Gasteiger partial charge on any atom is 0.0989 e. The highest BCUT2D eigenvalue weighted by Crippen LogP contribution is 2.04. The van der Waals surface area contributed by atoms with E-state index >= 15 is 0 Å². The summed E-state index contributed by atoms with van der Waals surface area (Å²) in [7, 11) is 0. The van der Waals surface area contributed by atoms with Crippen molar-refractivity contribution in [2.24, 2.45) is 0 Å². The Morgan fingerprint density at radius 2 is 2.50 bits per heavy atom. The van der Waals surface area contributed by atoms with Crippen LogP contribution in [0.15, 0.2) is 25.3 Å². The molecule has 1 aromatic heterocycles. The van der Waals surface area contributed by atoms with Crippen LogP contribution in [0.4, 0.5) is 0 Å². The van der Waals surface area contributed by atoms with Gasteiger partial charge in [-0.2, -0.15) is 0 Å². The summed E-state index contributed by atoms with van der Waals surface area (Å²) in [5.74, 6) is 0. The summed E-state index contributed by atoms with van der Waals surface area (Å²) in [6.07, 6.45) is 4.48. The van der Waals surface area contributed by atoms with E-state index in [9.17, 15) is 0 Å². The van der Waals surface area contributed by atoms with Gasteiger partial charge in [0.15, 0.2) is 0 Å². The first-order chi connectivity index (χ1) is 4.72. The van der Waals surface area contributed by atoms with Crippen molar-refractivity contribution in [3.05, 3.63) is 25.3 Å². The van der Waals surface area contributed by atoms with Crippen molar-refractivity contribution < 1.29 is 5.11 Å². The van der Waals surface area contributed by atoms with E-state index in [0.717, 1.165) is 0 Å². The molecule has 3 heteroatoms. The van der Waals surface area contributed by atoms with Gasteiger partial charge < -0.3 is 9.67 Å². The number of nitrogens with zero attached hydrogens (tertiary/aromatic N) is 2. The molecule has 54 valence electrons. The fourth-order valence-electron chi connectivity index (χ4n) is 0.645. The third-order valence-electron chi connectivity index (χ3n) is 1.32. The van der Waals surface area contributed by atoms with E-state index in [1.165, 1.54) is 0 Å². The van der Waals surface area contributed by atoms with Gasteiger partial charge in [-0.05, 0) is 6.92 Å². The summed E-state index contributed by atoms with van der Waals surface area (Å²) in [4.78, 5) is 3.82. The summed E-state index contributed by atoms with van der Waals surface area (Å²) in [5, 5.41) is 9.04. The molecule has 0 bridgehead atoms. The van der Waals surface area contributed by atoms with Crippen LogP contribution in [0.2, 0.25) is 0 Å². The van der Waals surface area contributed by atoms with E-state index in [1.54, 1.807) is 30.2 Å². The molecule has 0 aliphatic rings. The van der Waals surface area contributed by atoms with Crippen molar-refractivity contribution in [3.63, 3.8) is 0 Å². The topological polar surface area (TPSA) is 38.0 Å². The van der Waals surface area contributed by atoms with Gasteiger partial charge in [-0.3, -0.25) is 0 Å². The highest BCUT2D eigenvalue weighted by molar-refractivity contribution is 5.44. The lowest BCUT2D eigenvalue weighted by atomic mass is 10.3. The van der Waals surface area contributed by atoms with Crippen molar-refractivity contribution in [1.82, 2.24) is 9.55 Å². The average molecular weight is 138 g/mol. The lowest BCUT2D eigenvalue weighted by molar-refractivity contribution is 0.247. The van der Waals surface area contributed by atoms with Gasteiger partial charge >= 0.3 is 0 Å². The highest BCUT2D eigenvalue weighted by atomic mass is 16.3. The number of imidazole rings is 1. The second-order valence-electron chi connectivity index (χ2n) is 2.14. The molecule has 1 rings (SSSR count). The third kappa shape index (κ3) is 1.25. The number of aliphatic hydroxyl groups is 1.